The first kappa shape index (κ1) is 21.7. The van der Waals surface area contributed by atoms with Crippen LogP contribution in [-0.2, 0) is 7.59 Å². The fourth-order valence-corrected chi connectivity index (χ4v) is 3.14. The predicted molar refractivity (Wildman–Crippen MR) is 119 cm³/mol. The summed E-state index contributed by atoms with van der Waals surface area (Å²) in [5.74, 6) is 0.186. The summed E-state index contributed by atoms with van der Waals surface area (Å²) in [6.45, 7) is 0. The van der Waals surface area contributed by atoms with E-state index in [9.17, 15) is 0 Å². The molecule has 6 nitrogen and oxygen atoms in total. The summed E-state index contributed by atoms with van der Waals surface area (Å²) in [4.78, 5) is 0. The Morgan fingerprint density at radius 3 is 1.93 bits per heavy atom. The van der Waals surface area contributed by atoms with Gasteiger partial charge in [-0.05, 0) is 28.5 Å². The van der Waals surface area contributed by atoms with Gasteiger partial charge in [0.15, 0.2) is 0 Å². The van der Waals surface area contributed by atoms with Crippen LogP contribution in [0.3, 0.4) is 0 Å². The molecule has 0 spiro atoms. The molecular weight excluding hydrogens is 517 g/mol. The molecule has 154 valence electrons. The zero-order valence-electron chi connectivity index (χ0n) is 14.5. The van der Waals surface area contributed by atoms with Crippen molar-refractivity contribution in [3.8, 4) is 11.5 Å². The highest BCUT2D eigenvalue weighted by Crippen LogP contribution is 2.40. The highest BCUT2D eigenvalue weighted by atomic mass is 35.6. The van der Waals surface area contributed by atoms with Gasteiger partial charge in [-0.25, -0.2) is 0 Å². The molecule has 0 unspecified atom stereocenters. The highest BCUT2D eigenvalue weighted by molar-refractivity contribution is 6.66. The Hall–Kier alpha value is -1.54. The van der Waals surface area contributed by atoms with Crippen LogP contribution in [0.4, 0.5) is 0 Å². The van der Waals surface area contributed by atoms with Crippen molar-refractivity contribution in [1.82, 2.24) is 20.4 Å². The lowest BCUT2D eigenvalue weighted by Crippen LogP contribution is -1.99. The Bertz CT molecular complexity index is 1240. The normalized spacial score (nSPS) is 12.9. The molecule has 2 aromatic carbocycles. The smallest absolute Gasteiger partial charge is 0.268 e. The quantitative estimate of drug-likeness (QED) is 0.266. The molecular formula is C18H8Cl6N4O2. The molecule has 0 bridgehead atoms. The van der Waals surface area contributed by atoms with Gasteiger partial charge in [-0.15, -0.1) is 20.4 Å². The first-order valence-electron chi connectivity index (χ1n) is 8.14. The third-order valence-corrected chi connectivity index (χ3v) is 4.91. The van der Waals surface area contributed by atoms with Crippen LogP contribution in [0, 0.1) is 0 Å². The SMILES string of the molecule is ClC(Cl)(Cl)c1nnc(/C=C/c2ccc(-c3nnc(C(Cl)(Cl)Cl)o3)c3ccccc23)o1. The maximum absolute atomic E-state index is 5.81. The van der Waals surface area contributed by atoms with Crippen molar-refractivity contribution in [2.24, 2.45) is 0 Å². The summed E-state index contributed by atoms with van der Waals surface area (Å²) in [6.07, 6.45) is 3.41. The molecule has 0 aliphatic rings. The van der Waals surface area contributed by atoms with Gasteiger partial charge in [0, 0.05) is 11.6 Å². The molecule has 0 amide bonds. The first-order chi connectivity index (χ1) is 14.1. The van der Waals surface area contributed by atoms with E-state index in [4.69, 9.17) is 78.4 Å². The van der Waals surface area contributed by atoms with Crippen LogP contribution in [0.15, 0.2) is 45.2 Å². The summed E-state index contributed by atoms with van der Waals surface area (Å²) in [5.41, 5.74) is 1.55. The minimum atomic E-state index is -1.81. The number of rotatable bonds is 3. The summed E-state index contributed by atoms with van der Waals surface area (Å²) in [6, 6.07) is 11.3. The molecule has 0 saturated carbocycles. The molecule has 0 aliphatic heterocycles. The number of benzene rings is 2. The third-order valence-electron chi connectivity index (χ3n) is 3.94. The number of halogens is 6. The average Bonchev–Trinajstić information content (AvgIpc) is 3.35. The van der Waals surface area contributed by atoms with Gasteiger partial charge in [0.2, 0.25) is 11.8 Å². The van der Waals surface area contributed by atoms with Gasteiger partial charge < -0.3 is 8.83 Å². The topological polar surface area (TPSA) is 77.8 Å². The van der Waals surface area contributed by atoms with Crippen molar-refractivity contribution in [3.05, 3.63) is 59.6 Å². The zero-order chi connectivity index (χ0) is 21.5. The van der Waals surface area contributed by atoms with Gasteiger partial charge >= 0.3 is 0 Å². The monoisotopic (exact) mass is 522 g/mol. The molecule has 0 fully saturated rings. The summed E-state index contributed by atoms with van der Waals surface area (Å²) in [5, 5.41) is 17.1. The van der Waals surface area contributed by atoms with Crippen molar-refractivity contribution in [2.45, 2.75) is 7.59 Å². The Kier molecular flexibility index (Phi) is 5.92. The second-order valence-corrected chi connectivity index (χ2v) is 10.5. The Morgan fingerprint density at radius 1 is 0.667 bits per heavy atom. The molecule has 2 heterocycles. The van der Waals surface area contributed by atoms with E-state index in [0.29, 0.717) is 5.56 Å². The Labute approximate surface area is 199 Å². The van der Waals surface area contributed by atoms with Crippen molar-refractivity contribution < 1.29 is 8.83 Å². The van der Waals surface area contributed by atoms with Crippen molar-refractivity contribution in [2.75, 3.05) is 0 Å². The summed E-state index contributed by atoms with van der Waals surface area (Å²) < 4.78 is 7.28. The number of fused-ring (bicyclic) bond motifs is 1. The number of hydrogen-bond donors (Lipinski definition) is 0. The number of alkyl halides is 6. The Balaban J connectivity index is 1.73. The van der Waals surface area contributed by atoms with Gasteiger partial charge in [-0.1, -0.05) is 99.9 Å². The van der Waals surface area contributed by atoms with E-state index in [1.54, 1.807) is 12.2 Å². The second-order valence-electron chi connectivity index (χ2n) is 5.93. The number of aromatic nitrogens is 4. The maximum Gasteiger partial charge on any atom is 0.268 e. The van der Waals surface area contributed by atoms with Crippen LogP contribution in [0.5, 0.6) is 0 Å². The van der Waals surface area contributed by atoms with E-state index < -0.39 is 7.59 Å². The molecule has 4 rings (SSSR count). The fraction of sp³-hybridized carbons (Fsp3) is 0.111. The van der Waals surface area contributed by atoms with E-state index in [-0.39, 0.29) is 23.6 Å². The average molecular weight is 525 g/mol. The van der Waals surface area contributed by atoms with E-state index in [0.717, 1.165) is 16.3 Å². The van der Waals surface area contributed by atoms with Crippen molar-refractivity contribution >= 4 is 92.5 Å². The molecule has 30 heavy (non-hydrogen) atoms. The minimum Gasteiger partial charge on any atom is -0.417 e. The predicted octanol–water partition coefficient (Wildman–Crippen LogP) is 7.10. The van der Waals surface area contributed by atoms with E-state index in [1.165, 1.54) is 0 Å². The van der Waals surface area contributed by atoms with Crippen LogP contribution < -0.4 is 0 Å². The van der Waals surface area contributed by atoms with Crippen molar-refractivity contribution in [1.29, 1.82) is 0 Å². The minimum absolute atomic E-state index is 0.114. The van der Waals surface area contributed by atoms with Crippen LogP contribution in [-0.4, -0.2) is 20.4 Å². The van der Waals surface area contributed by atoms with Crippen LogP contribution in [0.2, 0.25) is 0 Å². The van der Waals surface area contributed by atoms with Gasteiger partial charge in [0.05, 0.1) is 0 Å². The molecule has 0 radical (unpaired) electrons. The summed E-state index contributed by atoms with van der Waals surface area (Å²) in [7, 11) is 0. The lowest BCUT2D eigenvalue weighted by atomic mass is 9.99. The van der Waals surface area contributed by atoms with Gasteiger partial charge in [0.25, 0.3) is 19.4 Å². The van der Waals surface area contributed by atoms with Crippen molar-refractivity contribution in [3.63, 3.8) is 0 Å². The van der Waals surface area contributed by atoms with E-state index in [1.807, 2.05) is 36.4 Å². The lowest BCUT2D eigenvalue weighted by molar-refractivity contribution is 0.493. The number of hydrogen-bond acceptors (Lipinski definition) is 6. The maximum atomic E-state index is 5.81. The third kappa shape index (κ3) is 4.54. The number of nitrogens with zero attached hydrogens (tertiary/aromatic N) is 4. The van der Waals surface area contributed by atoms with Gasteiger partial charge in [-0.3, -0.25) is 0 Å². The fourth-order valence-electron chi connectivity index (χ4n) is 2.68. The van der Waals surface area contributed by atoms with E-state index >= 15 is 0 Å². The highest BCUT2D eigenvalue weighted by Gasteiger charge is 2.31. The molecule has 0 aliphatic carbocycles. The molecule has 4 aromatic rings. The van der Waals surface area contributed by atoms with Crippen LogP contribution in [0.25, 0.3) is 34.4 Å². The standard InChI is InChI=1S/C18H8Cl6N4O2/c19-17(20,21)15-27-25-13(29-15)8-6-9-5-7-12(11-4-2-1-3-10(9)11)14-26-28-16(30-14)18(22,23)24/h1-8H/b8-6+. The van der Waals surface area contributed by atoms with Crippen LogP contribution >= 0.6 is 69.6 Å². The van der Waals surface area contributed by atoms with Gasteiger partial charge in [0.1, 0.15) is 0 Å². The molecule has 2 aromatic heterocycles. The first-order valence-corrected chi connectivity index (χ1v) is 10.4. The second kappa shape index (κ2) is 8.19. The largest absolute Gasteiger partial charge is 0.417 e. The lowest BCUT2D eigenvalue weighted by Gasteiger charge is -2.07. The molecule has 0 atom stereocenters. The van der Waals surface area contributed by atoms with Gasteiger partial charge in [-0.2, -0.15) is 0 Å². The molecule has 12 heteroatoms. The zero-order valence-corrected chi connectivity index (χ0v) is 19.0. The van der Waals surface area contributed by atoms with Crippen LogP contribution in [0.1, 0.15) is 23.2 Å². The molecule has 0 saturated heterocycles. The van der Waals surface area contributed by atoms with E-state index in [2.05, 4.69) is 20.4 Å². The summed E-state index contributed by atoms with van der Waals surface area (Å²) >= 11 is 34.7. The Morgan fingerprint density at radius 2 is 1.30 bits per heavy atom. The molecule has 0 N–H and O–H groups in total.